The molecule has 1 heterocycles. The molecule has 2 fully saturated rings. The highest BCUT2D eigenvalue weighted by atomic mass is 16.6. The predicted octanol–water partition coefficient (Wildman–Crippen LogP) is 8.85. The number of benzene rings is 2. The number of hydrogen-bond acceptors (Lipinski definition) is 2. The predicted molar refractivity (Wildman–Crippen MR) is 139 cm³/mol. The Bertz CT molecular complexity index is 794. The molecule has 33 heavy (non-hydrogen) atoms. The summed E-state index contributed by atoms with van der Waals surface area (Å²) in [5.74, 6) is 1.71. The molecule has 2 atom stereocenters. The highest BCUT2D eigenvalue weighted by Crippen LogP contribution is 2.37. The van der Waals surface area contributed by atoms with Crippen molar-refractivity contribution in [3.05, 3.63) is 59.7 Å². The van der Waals surface area contributed by atoms with Gasteiger partial charge >= 0.3 is 0 Å². The Hall–Kier alpha value is -1.64. The maximum Gasteiger partial charge on any atom is 0.106 e. The molecule has 2 aliphatic rings. The molecule has 1 saturated heterocycles. The van der Waals surface area contributed by atoms with E-state index in [0.717, 1.165) is 24.9 Å². The molecule has 0 N–H and O–H groups in total. The van der Waals surface area contributed by atoms with Crippen LogP contribution in [0.4, 0.5) is 0 Å². The number of rotatable bonds is 10. The fourth-order valence-corrected chi connectivity index (χ4v) is 5.62. The molecule has 0 unspecified atom stereocenters. The Morgan fingerprint density at radius 1 is 0.667 bits per heavy atom. The van der Waals surface area contributed by atoms with Crippen LogP contribution >= 0.6 is 0 Å². The van der Waals surface area contributed by atoms with Crippen molar-refractivity contribution in [3.63, 3.8) is 0 Å². The zero-order chi connectivity index (χ0) is 22.9. The summed E-state index contributed by atoms with van der Waals surface area (Å²) in [5.41, 5.74) is 5.33. The van der Waals surface area contributed by atoms with Gasteiger partial charge in [0.05, 0.1) is 19.3 Å². The summed E-state index contributed by atoms with van der Waals surface area (Å²) >= 11 is 0. The van der Waals surface area contributed by atoms with Crippen LogP contribution in [0.15, 0.2) is 48.5 Å². The van der Waals surface area contributed by atoms with E-state index in [1.54, 1.807) is 0 Å². The third kappa shape index (κ3) is 6.93. The molecule has 4 rings (SSSR count). The van der Waals surface area contributed by atoms with Crippen molar-refractivity contribution in [2.75, 3.05) is 13.2 Å². The van der Waals surface area contributed by atoms with E-state index in [-0.39, 0.29) is 12.2 Å². The van der Waals surface area contributed by atoms with E-state index in [2.05, 4.69) is 62.4 Å². The van der Waals surface area contributed by atoms with Crippen LogP contribution in [-0.4, -0.2) is 19.3 Å². The maximum absolute atomic E-state index is 6.17. The topological polar surface area (TPSA) is 18.5 Å². The van der Waals surface area contributed by atoms with Gasteiger partial charge in [0.15, 0.2) is 0 Å². The Morgan fingerprint density at radius 2 is 1.30 bits per heavy atom. The maximum atomic E-state index is 6.17. The molecule has 180 valence electrons. The first-order valence-corrected chi connectivity index (χ1v) is 13.7. The highest BCUT2D eigenvalue weighted by molar-refractivity contribution is 5.64. The molecular weight excluding hydrogens is 404 g/mol. The van der Waals surface area contributed by atoms with Gasteiger partial charge in [-0.2, -0.15) is 0 Å². The van der Waals surface area contributed by atoms with Crippen LogP contribution in [-0.2, 0) is 9.47 Å². The third-order valence-electron chi connectivity index (χ3n) is 8.02. The molecule has 0 amide bonds. The van der Waals surface area contributed by atoms with Crippen molar-refractivity contribution < 1.29 is 9.47 Å². The molecule has 1 aliphatic carbocycles. The van der Waals surface area contributed by atoms with E-state index in [1.807, 2.05) is 0 Å². The van der Waals surface area contributed by atoms with Crippen molar-refractivity contribution in [1.29, 1.82) is 0 Å². The average Bonchev–Trinajstić information content (AvgIpc) is 2.89. The second-order valence-corrected chi connectivity index (χ2v) is 10.4. The first-order chi connectivity index (χ1) is 16.3. The summed E-state index contributed by atoms with van der Waals surface area (Å²) in [6, 6.07) is 18.2. The minimum atomic E-state index is 0.0658. The van der Waals surface area contributed by atoms with Gasteiger partial charge in [0, 0.05) is 0 Å². The lowest BCUT2D eigenvalue weighted by Gasteiger charge is -2.30. The standard InChI is InChI=1S/C31H44O2/c1-3-5-6-7-8-9-30-22-33-31(23-32-30)29-20-18-28(19-21-29)27-16-14-26(15-17-27)25-12-10-24(4-2)11-13-25/h14-21,24-25,30-31H,3-13,22-23H2,1-2H3/t24-,25-,30-,31-/m1/s1. The van der Waals surface area contributed by atoms with Crippen molar-refractivity contribution in [2.24, 2.45) is 5.92 Å². The molecule has 2 aromatic rings. The number of unbranched alkanes of at least 4 members (excludes halogenated alkanes) is 4. The van der Waals surface area contributed by atoms with Crippen LogP contribution in [0.25, 0.3) is 11.1 Å². The lowest BCUT2D eigenvalue weighted by molar-refractivity contribution is -0.137. The van der Waals surface area contributed by atoms with E-state index >= 15 is 0 Å². The van der Waals surface area contributed by atoms with Crippen LogP contribution < -0.4 is 0 Å². The Kier molecular flexibility index (Phi) is 9.44. The van der Waals surface area contributed by atoms with Gasteiger partial charge in [-0.05, 0) is 66.2 Å². The fraction of sp³-hybridized carbons (Fsp3) is 0.613. The molecular formula is C31H44O2. The zero-order valence-electron chi connectivity index (χ0n) is 20.9. The summed E-state index contributed by atoms with van der Waals surface area (Å²) < 4.78 is 12.3. The van der Waals surface area contributed by atoms with Crippen molar-refractivity contribution >= 4 is 0 Å². The molecule has 2 nitrogen and oxygen atoms in total. The van der Waals surface area contributed by atoms with Gasteiger partial charge in [-0.3, -0.25) is 0 Å². The molecule has 0 spiro atoms. The summed E-state index contributed by atoms with van der Waals surface area (Å²) in [6.45, 7) is 6.00. The Morgan fingerprint density at radius 3 is 1.88 bits per heavy atom. The van der Waals surface area contributed by atoms with E-state index in [0.29, 0.717) is 6.61 Å². The van der Waals surface area contributed by atoms with Gasteiger partial charge in [0.2, 0.25) is 0 Å². The number of ether oxygens (including phenoxy) is 2. The summed E-state index contributed by atoms with van der Waals surface area (Å²) in [5, 5.41) is 0. The van der Waals surface area contributed by atoms with Gasteiger partial charge in [-0.15, -0.1) is 0 Å². The van der Waals surface area contributed by atoms with Crippen LogP contribution in [0, 0.1) is 5.92 Å². The highest BCUT2D eigenvalue weighted by Gasteiger charge is 2.23. The van der Waals surface area contributed by atoms with E-state index in [9.17, 15) is 0 Å². The van der Waals surface area contributed by atoms with Crippen LogP contribution in [0.3, 0.4) is 0 Å². The summed E-state index contributed by atoms with van der Waals surface area (Å²) in [7, 11) is 0. The van der Waals surface area contributed by atoms with Crippen molar-refractivity contribution in [1.82, 2.24) is 0 Å². The molecule has 1 saturated carbocycles. The lowest BCUT2D eigenvalue weighted by atomic mass is 9.77. The third-order valence-corrected chi connectivity index (χ3v) is 8.02. The average molecular weight is 449 g/mol. The van der Waals surface area contributed by atoms with Crippen LogP contribution in [0.1, 0.15) is 108 Å². The molecule has 2 heteroatoms. The monoisotopic (exact) mass is 448 g/mol. The van der Waals surface area contributed by atoms with Gasteiger partial charge < -0.3 is 9.47 Å². The van der Waals surface area contributed by atoms with Gasteiger partial charge in [0.25, 0.3) is 0 Å². The Labute approximate surface area is 202 Å². The van der Waals surface area contributed by atoms with Crippen molar-refractivity contribution in [2.45, 2.75) is 103 Å². The molecule has 2 aromatic carbocycles. The van der Waals surface area contributed by atoms with Gasteiger partial charge in [0.1, 0.15) is 6.10 Å². The quantitative estimate of drug-likeness (QED) is 0.338. The molecule has 1 aliphatic heterocycles. The largest absolute Gasteiger partial charge is 0.373 e. The first kappa shape index (κ1) is 24.5. The lowest BCUT2D eigenvalue weighted by Crippen LogP contribution is -2.31. The zero-order valence-corrected chi connectivity index (χ0v) is 20.9. The second-order valence-electron chi connectivity index (χ2n) is 10.4. The molecule has 0 radical (unpaired) electrons. The smallest absolute Gasteiger partial charge is 0.106 e. The molecule has 0 aromatic heterocycles. The Balaban J connectivity index is 1.25. The molecule has 0 bridgehead atoms. The van der Waals surface area contributed by atoms with E-state index < -0.39 is 0 Å². The normalized spacial score (nSPS) is 25.8. The van der Waals surface area contributed by atoms with E-state index in [1.165, 1.54) is 86.5 Å². The first-order valence-electron chi connectivity index (χ1n) is 13.7. The van der Waals surface area contributed by atoms with Crippen LogP contribution in [0.2, 0.25) is 0 Å². The SMILES string of the molecule is CCCCCCC[C@@H]1CO[C@@H](c2ccc(-c3ccc([C@H]4CC[C@H](CC)CC4)cc3)cc2)CO1. The summed E-state index contributed by atoms with van der Waals surface area (Å²) in [4.78, 5) is 0. The number of hydrogen-bond donors (Lipinski definition) is 0. The second kappa shape index (κ2) is 12.7. The van der Waals surface area contributed by atoms with Gasteiger partial charge in [-0.1, -0.05) is 101 Å². The minimum Gasteiger partial charge on any atom is -0.373 e. The van der Waals surface area contributed by atoms with Gasteiger partial charge in [-0.25, -0.2) is 0 Å². The fourth-order valence-electron chi connectivity index (χ4n) is 5.62. The van der Waals surface area contributed by atoms with Crippen LogP contribution in [0.5, 0.6) is 0 Å². The minimum absolute atomic E-state index is 0.0658. The summed E-state index contributed by atoms with van der Waals surface area (Å²) in [6.07, 6.45) is 14.9. The van der Waals surface area contributed by atoms with E-state index in [4.69, 9.17) is 9.47 Å². The van der Waals surface area contributed by atoms with Crippen molar-refractivity contribution in [3.8, 4) is 11.1 Å².